The van der Waals surface area contributed by atoms with Crippen LogP contribution in [0.5, 0.6) is 11.5 Å². The highest BCUT2D eigenvalue weighted by atomic mass is 16.5. The first kappa shape index (κ1) is 23.3. The van der Waals surface area contributed by atoms with E-state index < -0.39 is 5.41 Å². The number of benzene rings is 5. The van der Waals surface area contributed by atoms with Crippen molar-refractivity contribution < 1.29 is 4.74 Å². The largest absolute Gasteiger partial charge is 0.456 e. The first-order valence-corrected chi connectivity index (χ1v) is 12.5. The molecule has 0 fully saturated rings. The summed E-state index contributed by atoms with van der Waals surface area (Å²) in [7, 11) is 31.8. The first-order chi connectivity index (χ1) is 18.4. The molecule has 0 aromatic heterocycles. The van der Waals surface area contributed by atoms with Crippen molar-refractivity contribution >= 4 is 66.5 Å². The molecule has 6 heteroatoms. The van der Waals surface area contributed by atoms with Gasteiger partial charge in [0.05, 0.1) is 5.41 Å². The lowest BCUT2D eigenvalue weighted by Crippen LogP contribution is -2.55. The zero-order valence-corrected chi connectivity index (χ0v) is 20.9. The lowest BCUT2D eigenvalue weighted by Gasteiger charge is -2.40. The Labute approximate surface area is 229 Å². The zero-order chi connectivity index (χ0) is 26.3. The van der Waals surface area contributed by atoms with Crippen LogP contribution < -0.4 is 32.1 Å². The van der Waals surface area contributed by atoms with Crippen LogP contribution in [0.4, 0.5) is 0 Å². The van der Waals surface area contributed by atoms with Crippen molar-refractivity contribution in [3.05, 3.63) is 113 Å². The summed E-state index contributed by atoms with van der Waals surface area (Å²) in [6.45, 7) is 2.06. The highest BCUT2D eigenvalue weighted by Crippen LogP contribution is 2.63. The number of rotatable bonds is 1. The third kappa shape index (κ3) is 2.84. The van der Waals surface area contributed by atoms with E-state index >= 15 is 0 Å². The molecule has 0 N–H and O–H groups in total. The number of aryl methyl sites for hydroxylation is 1. The molecule has 5 aromatic rings. The summed E-state index contributed by atoms with van der Waals surface area (Å²) in [5.74, 6) is 1.44. The smallest absolute Gasteiger partial charge is 0.140 e. The lowest BCUT2D eigenvalue weighted by molar-refractivity contribution is 0.438. The Hall–Kier alpha value is -3.78. The molecular formula is C32H17B5O. The van der Waals surface area contributed by atoms with Crippen molar-refractivity contribution in [2.45, 2.75) is 12.3 Å². The first-order valence-electron chi connectivity index (χ1n) is 12.5. The highest BCUT2D eigenvalue weighted by molar-refractivity contribution is 6.68. The number of hydrogen-bond donors (Lipinski definition) is 0. The third-order valence-electron chi connectivity index (χ3n) is 8.06. The Balaban J connectivity index is 1.68. The summed E-state index contributed by atoms with van der Waals surface area (Å²) in [6, 6.07) is 29.6. The van der Waals surface area contributed by atoms with E-state index in [-0.39, 0.29) is 27.3 Å². The maximum atomic E-state index is 6.73. The van der Waals surface area contributed by atoms with Gasteiger partial charge in [-0.25, -0.2) is 0 Å². The molecule has 2 aliphatic rings. The summed E-state index contributed by atoms with van der Waals surface area (Å²) < 4.78 is 6.73. The molecular weight excluding hydrogens is 454 g/mol. The van der Waals surface area contributed by atoms with Gasteiger partial charge in [-0.3, -0.25) is 0 Å². The number of fused-ring (bicyclic) bond motifs is 9. The average Bonchev–Trinajstić information content (AvgIpc) is 3.23. The van der Waals surface area contributed by atoms with Crippen molar-refractivity contribution in [2.75, 3.05) is 0 Å². The van der Waals surface area contributed by atoms with Crippen molar-refractivity contribution in [3.8, 4) is 33.8 Å². The molecule has 1 heterocycles. The van der Waals surface area contributed by atoms with Crippen molar-refractivity contribution in [3.63, 3.8) is 0 Å². The van der Waals surface area contributed by atoms with E-state index in [2.05, 4.69) is 73.7 Å². The fourth-order valence-corrected chi connectivity index (χ4v) is 6.42. The molecule has 1 nitrogen and oxygen atoms in total. The molecule has 5 aromatic carbocycles. The van der Waals surface area contributed by atoms with E-state index in [1.807, 2.05) is 18.2 Å². The van der Waals surface area contributed by atoms with Crippen molar-refractivity contribution in [2.24, 2.45) is 0 Å². The van der Waals surface area contributed by atoms with E-state index in [1.54, 1.807) is 0 Å². The minimum atomic E-state index is -0.605. The van der Waals surface area contributed by atoms with Gasteiger partial charge in [-0.05, 0) is 52.4 Å². The molecule has 0 saturated carbocycles. The quantitative estimate of drug-likeness (QED) is 0.334. The summed E-state index contributed by atoms with van der Waals surface area (Å²) in [5.41, 5.74) is 9.75. The Morgan fingerprint density at radius 3 is 1.63 bits per heavy atom. The van der Waals surface area contributed by atoms with Gasteiger partial charge in [0, 0.05) is 16.7 Å². The number of hydrogen-bond acceptors (Lipinski definition) is 1. The van der Waals surface area contributed by atoms with Crippen LogP contribution in [0.15, 0.2) is 84.9 Å². The second kappa shape index (κ2) is 8.11. The molecule has 7 rings (SSSR count). The molecule has 166 valence electrons. The number of para-hydroxylation sites is 1. The van der Waals surface area contributed by atoms with Crippen LogP contribution in [0.2, 0.25) is 0 Å². The monoisotopic (exact) mass is 472 g/mol. The van der Waals surface area contributed by atoms with Gasteiger partial charge < -0.3 is 4.74 Å². The lowest BCUT2D eigenvalue weighted by atomic mass is 9.59. The molecule has 38 heavy (non-hydrogen) atoms. The third-order valence-corrected chi connectivity index (χ3v) is 8.06. The van der Waals surface area contributed by atoms with Crippen LogP contribution in [0.1, 0.15) is 27.8 Å². The molecule has 1 aliphatic carbocycles. The average molecular weight is 472 g/mol. The van der Waals surface area contributed by atoms with Gasteiger partial charge in [-0.2, -0.15) is 0 Å². The van der Waals surface area contributed by atoms with Crippen LogP contribution >= 0.6 is 0 Å². The Morgan fingerprint density at radius 1 is 0.526 bits per heavy atom. The van der Waals surface area contributed by atoms with E-state index in [0.29, 0.717) is 11.3 Å². The van der Waals surface area contributed by atoms with Gasteiger partial charge in [0.15, 0.2) is 0 Å². The standard InChI is InChI=1S/C32H17B5O/c1-16-14-19(25-26(33)28(35)30(37)29(36)27(25)34)31-23(15-16)32(22-12-6-7-13-24(22)38-31)20-10-4-2-8-17(20)18-9-3-5-11-21(18)32/h2-15H,1H3. The predicted octanol–water partition coefficient (Wildman–Crippen LogP) is 2.10. The van der Waals surface area contributed by atoms with Gasteiger partial charge in [-0.15, -0.1) is 16.4 Å². The molecule has 1 spiro atoms. The zero-order valence-electron chi connectivity index (χ0n) is 20.9. The fourth-order valence-electron chi connectivity index (χ4n) is 6.42. The van der Waals surface area contributed by atoms with Crippen molar-refractivity contribution in [1.82, 2.24) is 0 Å². The second-order valence-electron chi connectivity index (χ2n) is 10.1. The molecule has 0 saturated heterocycles. The van der Waals surface area contributed by atoms with Gasteiger partial charge in [-0.1, -0.05) is 83.7 Å². The Kier molecular flexibility index (Phi) is 4.98. The van der Waals surface area contributed by atoms with Gasteiger partial charge >= 0.3 is 0 Å². The Morgan fingerprint density at radius 2 is 1.03 bits per heavy atom. The van der Waals surface area contributed by atoms with E-state index in [1.165, 1.54) is 22.3 Å². The summed E-state index contributed by atoms with van der Waals surface area (Å²) in [4.78, 5) is 0. The van der Waals surface area contributed by atoms with E-state index in [9.17, 15) is 0 Å². The minimum absolute atomic E-state index is 0.187. The summed E-state index contributed by atoms with van der Waals surface area (Å²) in [5, 5.41) is 0. The maximum absolute atomic E-state index is 6.73. The summed E-state index contributed by atoms with van der Waals surface area (Å²) >= 11 is 0. The second-order valence-corrected chi connectivity index (χ2v) is 10.1. The molecule has 0 amide bonds. The normalized spacial score (nSPS) is 13.8. The van der Waals surface area contributed by atoms with Gasteiger partial charge in [0.2, 0.25) is 0 Å². The van der Waals surface area contributed by atoms with Crippen LogP contribution in [0, 0.1) is 6.92 Å². The molecule has 0 unspecified atom stereocenters. The van der Waals surface area contributed by atoms with Crippen LogP contribution in [-0.2, 0) is 5.41 Å². The maximum Gasteiger partial charge on any atom is 0.140 e. The Bertz CT molecular complexity index is 1750. The molecule has 10 radical (unpaired) electrons. The topological polar surface area (TPSA) is 9.23 Å². The van der Waals surface area contributed by atoms with Gasteiger partial charge in [0.1, 0.15) is 50.7 Å². The van der Waals surface area contributed by atoms with Crippen LogP contribution in [0.3, 0.4) is 0 Å². The van der Waals surface area contributed by atoms with Crippen molar-refractivity contribution in [1.29, 1.82) is 0 Å². The molecule has 0 atom stereocenters. The highest BCUT2D eigenvalue weighted by Gasteiger charge is 2.51. The van der Waals surface area contributed by atoms with E-state index in [4.69, 9.17) is 44.0 Å². The summed E-state index contributed by atoms with van der Waals surface area (Å²) in [6.07, 6.45) is 0. The minimum Gasteiger partial charge on any atom is -0.456 e. The van der Waals surface area contributed by atoms with Crippen LogP contribution in [0.25, 0.3) is 22.3 Å². The molecule has 0 bridgehead atoms. The molecule has 1 aliphatic heterocycles. The fraction of sp³-hybridized carbons (Fsp3) is 0.0625. The van der Waals surface area contributed by atoms with Crippen LogP contribution in [-0.4, -0.2) is 39.2 Å². The van der Waals surface area contributed by atoms with Gasteiger partial charge in [0.25, 0.3) is 0 Å². The SMILES string of the molecule is [B]c1c([B])c([B])c(-c2cc(C)cc3c2Oc2ccccc2C32c3ccccc3-c3ccccc32)c([B])c1[B]. The predicted molar refractivity (Wildman–Crippen MR) is 161 cm³/mol. The van der Waals surface area contributed by atoms with E-state index in [0.717, 1.165) is 28.0 Å². The number of ether oxygens (including phenoxy) is 1.